The molecule has 2 rings (SSSR count). The van der Waals surface area contributed by atoms with Crippen molar-refractivity contribution in [1.82, 2.24) is 4.98 Å². The Labute approximate surface area is 116 Å². The molecule has 0 aliphatic rings. The van der Waals surface area contributed by atoms with Crippen LogP contribution in [0.5, 0.6) is 0 Å². The third kappa shape index (κ3) is 3.20. The van der Waals surface area contributed by atoms with Crippen LogP contribution in [0.25, 0.3) is 0 Å². The van der Waals surface area contributed by atoms with E-state index in [4.69, 9.17) is 5.11 Å². The minimum atomic E-state index is -0.923. The number of rotatable bonds is 4. The number of aliphatic carboxylic acids is 1. The molecule has 0 saturated carbocycles. The molecule has 1 heterocycles. The van der Waals surface area contributed by atoms with Crippen molar-refractivity contribution in [3.8, 4) is 0 Å². The molecular formula is C15H14N2O3. The summed E-state index contributed by atoms with van der Waals surface area (Å²) in [4.78, 5) is 26.8. The molecule has 102 valence electrons. The third-order valence-electron chi connectivity index (χ3n) is 2.92. The lowest BCUT2D eigenvalue weighted by molar-refractivity contribution is -0.138. The molecule has 1 atom stereocenters. The Balaban J connectivity index is 2.10. The predicted molar refractivity (Wildman–Crippen MR) is 74.7 cm³/mol. The highest BCUT2D eigenvalue weighted by atomic mass is 16.4. The van der Waals surface area contributed by atoms with Gasteiger partial charge in [0.2, 0.25) is 0 Å². The van der Waals surface area contributed by atoms with Gasteiger partial charge in [0.15, 0.2) is 0 Å². The van der Waals surface area contributed by atoms with Gasteiger partial charge < -0.3 is 10.4 Å². The molecule has 0 aliphatic heterocycles. The van der Waals surface area contributed by atoms with Crippen molar-refractivity contribution >= 4 is 17.6 Å². The van der Waals surface area contributed by atoms with Gasteiger partial charge in [0.1, 0.15) is 5.69 Å². The topological polar surface area (TPSA) is 79.3 Å². The summed E-state index contributed by atoms with van der Waals surface area (Å²) in [6.07, 6.45) is 1.42. The molecule has 0 radical (unpaired) electrons. The van der Waals surface area contributed by atoms with Gasteiger partial charge in [-0.1, -0.05) is 24.3 Å². The Morgan fingerprint density at radius 2 is 1.85 bits per heavy atom. The molecular weight excluding hydrogens is 256 g/mol. The number of para-hydroxylation sites is 1. The van der Waals surface area contributed by atoms with E-state index >= 15 is 0 Å². The maximum atomic E-state index is 11.9. The number of amides is 1. The van der Waals surface area contributed by atoms with E-state index in [1.54, 1.807) is 25.1 Å². The molecule has 0 unspecified atom stereocenters. The Hall–Kier alpha value is -2.69. The number of carbonyl (C=O) groups is 2. The molecule has 0 saturated heterocycles. The monoisotopic (exact) mass is 270 g/mol. The van der Waals surface area contributed by atoms with E-state index in [2.05, 4.69) is 10.3 Å². The van der Waals surface area contributed by atoms with E-state index in [0.717, 1.165) is 0 Å². The van der Waals surface area contributed by atoms with E-state index in [1.807, 2.05) is 18.2 Å². The van der Waals surface area contributed by atoms with Crippen LogP contribution in [-0.2, 0) is 4.79 Å². The molecule has 0 spiro atoms. The van der Waals surface area contributed by atoms with Crippen LogP contribution in [0, 0.1) is 0 Å². The fraction of sp³-hybridized carbons (Fsp3) is 0.133. The van der Waals surface area contributed by atoms with Crippen molar-refractivity contribution in [3.05, 3.63) is 59.9 Å². The van der Waals surface area contributed by atoms with Gasteiger partial charge >= 0.3 is 5.97 Å². The van der Waals surface area contributed by atoms with Crippen LogP contribution >= 0.6 is 0 Å². The van der Waals surface area contributed by atoms with Crippen LogP contribution in [-0.4, -0.2) is 22.0 Å². The van der Waals surface area contributed by atoms with E-state index in [9.17, 15) is 9.59 Å². The number of pyridine rings is 1. The standard InChI is InChI=1S/C15H14N2O3/c1-10(15(19)20)11-7-8-13(16-9-11)14(18)17-12-5-3-2-4-6-12/h2-10H,1H3,(H,17,18)(H,19,20)/t10-/m1/s1. The van der Waals surface area contributed by atoms with E-state index < -0.39 is 11.9 Å². The molecule has 0 aliphatic carbocycles. The van der Waals surface area contributed by atoms with Crippen molar-refractivity contribution in [2.75, 3.05) is 5.32 Å². The van der Waals surface area contributed by atoms with Crippen LogP contribution in [0.1, 0.15) is 28.9 Å². The second-order valence-electron chi connectivity index (χ2n) is 4.36. The highest BCUT2D eigenvalue weighted by Crippen LogP contribution is 2.15. The lowest BCUT2D eigenvalue weighted by Crippen LogP contribution is -2.14. The first-order valence-corrected chi connectivity index (χ1v) is 6.13. The third-order valence-corrected chi connectivity index (χ3v) is 2.92. The predicted octanol–water partition coefficient (Wildman–Crippen LogP) is 2.52. The minimum absolute atomic E-state index is 0.246. The number of nitrogens with zero attached hydrogens (tertiary/aromatic N) is 1. The van der Waals surface area contributed by atoms with E-state index in [0.29, 0.717) is 11.3 Å². The SMILES string of the molecule is C[C@@H](C(=O)O)c1ccc(C(=O)Nc2ccccc2)nc1. The smallest absolute Gasteiger partial charge is 0.310 e. The van der Waals surface area contributed by atoms with Crippen LogP contribution in [0.15, 0.2) is 48.7 Å². The molecule has 0 fully saturated rings. The maximum absolute atomic E-state index is 11.9. The van der Waals surface area contributed by atoms with Gasteiger partial charge in [-0.15, -0.1) is 0 Å². The van der Waals surface area contributed by atoms with Crippen molar-refractivity contribution in [2.45, 2.75) is 12.8 Å². The molecule has 5 nitrogen and oxygen atoms in total. The highest BCUT2D eigenvalue weighted by molar-refractivity contribution is 6.02. The average molecular weight is 270 g/mol. The number of carboxylic acid groups (broad SMARTS) is 1. The largest absolute Gasteiger partial charge is 0.481 e. The van der Waals surface area contributed by atoms with E-state index in [-0.39, 0.29) is 11.6 Å². The van der Waals surface area contributed by atoms with Crippen LogP contribution in [0.3, 0.4) is 0 Å². The number of nitrogens with one attached hydrogen (secondary N) is 1. The van der Waals surface area contributed by atoms with Gasteiger partial charge in [0.25, 0.3) is 5.91 Å². The molecule has 1 amide bonds. The quantitative estimate of drug-likeness (QED) is 0.894. The number of hydrogen-bond donors (Lipinski definition) is 2. The van der Waals surface area contributed by atoms with Crippen molar-refractivity contribution in [1.29, 1.82) is 0 Å². The Morgan fingerprint density at radius 1 is 1.15 bits per heavy atom. The van der Waals surface area contributed by atoms with Crippen LogP contribution in [0.2, 0.25) is 0 Å². The summed E-state index contributed by atoms with van der Waals surface area (Å²) in [6.45, 7) is 1.57. The molecule has 5 heteroatoms. The number of aromatic nitrogens is 1. The molecule has 0 bridgehead atoms. The molecule has 2 aromatic rings. The zero-order valence-electron chi connectivity index (χ0n) is 10.9. The van der Waals surface area contributed by atoms with Gasteiger partial charge in [0, 0.05) is 11.9 Å². The van der Waals surface area contributed by atoms with Crippen molar-refractivity contribution in [3.63, 3.8) is 0 Å². The van der Waals surface area contributed by atoms with Crippen molar-refractivity contribution in [2.24, 2.45) is 0 Å². The number of carbonyl (C=O) groups excluding carboxylic acids is 1. The first kappa shape index (κ1) is 13.7. The van der Waals surface area contributed by atoms with Crippen LogP contribution in [0.4, 0.5) is 5.69 Å². The second-order valence-corrected chi connectivity index (χ2v) is 4.36. The Bertz CT molecular complexity index is 609. The summed E-state index contributed by atoms with van der Waals surface area (Å²) in [6, 6.07) is 12.2. The number of anilines is 1. The summed E-state index contributed by atoms with van der Waals surface area (Å²) < 4.78 is 0. The second kappa shape index (κ2) is 5.97. The molecule has 1 aromatic carbocycles. The van der Waals surface area contributed by atoms with Crippen LogP contribution < -0.4 is 5.32 Å². The fourth-order valence-corrected chi connectivity index (χ4v) is 1.65. The lowest BCUT2D eigenvalue weighted by Gasteiger charge is -2.07. The zero-order valence-corrected chi connectivity index (χ0v) is 10.9. The summed E-state index contributed by atoms with van der Waals surface area (Å²) in [5.41, 5.74) is 1.49. The van der Waals surface area contributed by atoms with Gasteiger partial charge in [-0.3, -0.25) is 14.6 Å². The average Bonchev–Trinajstić information content (AvgIpc) is 2.47. The Kier molecular flexibility index (Phi) is 4.10. The molecule has 2 N–H and O–H groups in total. The van der Waals surface area contributed by atoms with Crippen molar-refractivity contribution < 1.29 is 14.7 Å². The zero-order chi connectivity index (χ0) is 14.5. The maximum Gasteiger partial charge on any atom is 0.310 e. The first-order valence-electron chi connectivity index (χ1n) is 6.13. The summed E-state index contributed by atoms with van der Waals surface area (Å²) >= 11 is 0. The summed E-state index contributed by atoms with van der Waals surface area (Å²) in [5, 5.41) is 11.6. The summed E-state index contributed by atoms with van der Waals surface area (Å²) in [7, 11) is 0. The number of hydrogen-bond acceptors (Lipinski definition) is 3. The summed E-state index contributed by atoms with van der Waals surface area (Å²) in [5.74, 6) is -1.90. The Morgan fingerprint density at radius 3 is 2.40 bits per heavy atom. The lowest BCUT2D eigenvalue weighted by atomic mass is 10.0. The van der Waals surface area contributed by atoms with Gasteiger partial charge in [-0.05, 0) is 30.7 Å². The minimum Gasteiger partial charge on any atom is -0.481 e. The number of benzene rings is 1. The molecule has 1 aromatic heterocycles. The molecule has 20 heavy (non-hydrogen) atoms. The fourth-order valence-electron chi connectivity index (χ4n) is 1.65. The van der Waals surface area contributed by atoms with Gasteiger partial charge in [-0.2, -0.15) is 0 Å². The van der Waals surface area contributed by atoms with Gasteiger partial charge in [-0.25, -0.2) is 0 Å². The van der Waals surface area contributed by atoms with E-state index in [1.165, 1.54) is 12.3 Å². The highest BCUT2D eigenvalue weighted by Gasteiger charge is 2.15. The van der Waals surface area contributed by atoms with Gasteiger partial charge in [0.05, 0.1) is 5.92 Å². The first-order chi connectivity index (χ1) is 9.58. The number of carboxylic acids is 1. The normalized spacial score (nSPS) is 11.7.